The molecule has 2 aromatic rings. The largest absolute Gasteiger partial charge is 0.457 e. The van der Waals surface area contributed by atoms with Gasteiger partial charge in [0.25, 0.3) is 0 Å². The maximum absolute atomic E-state index is 6.08. The van der Waals surface area contributed by atoms with Crippen LogP contribution in [0.4, 0.5) is 0 Å². The van der Waals surface area contributed by atoms with Crippen molar-refractivity contribution in [2.75, 3.05) is 6.54 Å². The van der Waals surface area contributed by atoms with E-state index in [1.54, 1.807) is 0 Å². The highest BCUT2D eigenvalue weighted by atomic mass is 16.5. The second-order valence-electron chi connectivity index (χ2n) is 5.32. The first-order valence-corrected chi connectivity index (χ1v) is 7.15. The van der Waals surface area contributed by atoms with E-state index in [2.05, 4.69) is 69.4 Å². The molecule has 0 spiro atoms. The smallest absolute Gasteiger partial charge is 0.131 e. The maximum atomic E-state index is 6.08. The Morgan fingerprint density at radius 2 is 1.60 bits per heavy atom. The van der Waals surface area contributed by atoms with Gasteiger partial charge in [-0.25, -0.2) is 0 Å². The average Bonchev–Trinajstić information content (AvgIpc) is 2.38. The molecule has 106 valence electrons. The molecule has 0 aliphatic carbocycles. The molecule has 0 amide bonds. The molecule has 2 rings (SSSR count). The highest BCUT2D eigenvalue weighted by molar-refractivity contribution is 5.42. The highest BCUT2D eigenvalue weighted by Crippen LogP contribution is 2.27. The standard InChI is InChI=1S/C18H23NO/c1-5-19-12-16-9-13(2)6-7-18(16)20-17-10-14(3)8-15(4)11-17/h6-11,19H,5,12H2,1-4H3. The molecular formula is C18H23NO. The number of ether oxygens (including phenoxy) is 1. The van der Waals surface area contributed by atoms with E-state index in [0.717, 1.165) is 24.6 Å². The van der Waals surface area contributed by atoms with Crippen LogP contribution >= 0.6 is 0 Å². The van der Waals surface area contributed by atoms with Crippen LogP contribution in [0.1, 0.15) is 29.2 Å². The molecule has 0 heterocycles. The molecule has 0 radical (unpaired) electrons. The predicted octanol–water partition coefficient (Wildman–Crippen LogP) is 4.51. The van der Waals surface area contributed by atoms with E-state index in [0.29, 0.717) is 0 Å². The molecule has 0 fully saturated rings. The van der Waals surface area contributed by atoms with Crippen LogP contribution in [-0.4, -0.2) is 6.54 Å². The van der Waals surface area contributed by atoms with Crippen molar-refractivity contribution in [3.63, 3.8) is 0 Å². The molecule has 0 bridgehead atoms. The molecule has 2 aromatic carbocycles. The Morgan fingerprint density at radius 1 is 0.900 bits per heavy atom. The van der Waals surface area contributed by atoms with Gasteiger partial charge in [-0.3, -0.25) is 0 Å². The SMILES string of the molecule is CCNCc1cc(C)ccc1Oc1cc(C)cc(C)c1. The lowest BCUT2D eigenvalue weighted by molar-refractivity contribution is 0.472. The van der Waals surface area contributed by atoms with Crippen molar-refractivity contribution in [1.29, 1.82) is 0 Å². The Kier molecular flexibility index (Phi) is 4.80. The van der Waals surface area contributed by atoms with Crippen molar-refractivity contribution in [2.24, 2.45) is 0 Å². The van der Waals surface area contributed by atoms with Gasteiger partial charge in [0.1, 0.15) is 11.5 Å². The summed E-state index contributed by atoms with van der Waals surface area (Å²) >= 11 is 0. The van der Waals surface area contributed by atoms with Gasteiger partial charge < -0.3 is 10.1 Å². The fraction of sp³-hybridized carbons (Fsp3) is 0.333. The Balaban J connectivity index is 2.27. The van der Waals surface area contributed by atoms with Crippen LogP contribution in [0.15, 0.2) is 36.4 Å². The van der Waals surface area contributed by atoms with E-state index in [1.165, 1.54) is 22.3 Å². The number of aryl methyl sites for hydroxylation is 3. The molecule has 0 aliphatic heterocycles. The molecule has 2 nitrogen and oxygen atoms in total. The molecule has 0 atom stereocenters. The molecule has 1 N–H and O–H groups in total. The fourth-order valence-corrected chi connectivity index (χ4v) is 2.32. The van der Waals surface area contributed by atoms with E-state index >= 15 is 0 Å². The first kappa shape index (κ1) is 14.6. The van der Waals surface area contributed by atoms with Gasteiger partial charge in [0.15, 0.2) is 0 Å². The van der Waals surface area contributed by atoms with Crippen molar-refractivity contribution >= 4 is 0 Å². The van der Waals surface area contributed by atoms with Gasteiger partial charge in [-0.1, -0.05) is 30.7 Å². The van der Waals surface area contributed by atoms with Gasteiger partial charge in [0.2, 0.25) is 0 Å². The Hall–Kier alpha value is -1.80. The van der Waals surface area contributed by atoms with Crippen LogP contribution in [0.25, 0.3) is 0 Å². The average molecular weight is 269 g/mol. The first-order valence-electron chi connectivity index (χ1n) is 7.15. The molecule has 0 aromatic heterocycles. The van der Waals surface area contributed by atoms with E-state index in [-0.39, 0.29) is 0 Å². The summed E-state index contributed by atoms with van der Waals surface area (Å²) in [5.74, 6) is 1.84. The lowest BCUT2D eigenvalue weighted by atomic mass is 10.1. The van der Waals surface area contributed by atoms with Gasteiger partial charge in [-0.2, -0.15) is 0 Å². The van der Waals surface area contributed by atoms with E-state index in [4.69, 9.17) is 4.74 Å². The molecule has 0 unspecified atom stereocenters. The van der Waals surface area contributed by atoms with Crippen molar-refractivity contribution in [2.45, 2.75) is 34.2 Å². The van der Waals surface area contributed by atoms with Crippen LogP contribution in [0, 0.1) is 20.8 Å². The topological polar surface area (TPSA) is 21.3 Å². The summed E-state index contributed by atoms with van der Waals surface area (Å²) in [6, 6.07) is 12.6. The van der Waals surface area contributed by atoms with Crippen molar-refractivity contribution < 1.29 is 4.74 Å². The summed E-state index contributed by atoms with van der Waals surface area (Å²) in [5, 5.41) is 3.36. The van der Waals surface area contributed by atoms with E-state index < -0.39 is 0 Å². The summed E-state index contributed by atoms with van der Waals surface area (Å²) in [6.07, 6.45) is 0. The normalized spacial score (nSPS) is 10.6. The Bertz CT molecular complexity index is 570. The number of hydrogen-bond donors (Lipinski definition) is 1. The van der Waals surface area contributed by atoms with Crippen molar-refractivity contribution in [1.82, 2.24) is 5.32 Å². The van der Waals surface area contributed by atoms with Crippen molar-refractivity contribution in [3.8, 4) is 11.5 Å². The van der Waals surface area contributed by atoms with Gasteiger partial charge in [0.05, 0.1) is 0 Å². The number of hydrogen-bond acceptors (Lipinski definition) is 2. The van der Waals surface area contributed by atoms with Crippen LogP contribution in [0.5, 0.6) is 11.5 Å². The summed E-state index contributed by atoms with van der Waals surface area (Å²) in [4.78, 5) is 0. The minimum Gasteiger partial charge on any atom is -0.457 e. The number of rotatable bonds is 5. The molecule has 20 heavy (non-hydrogen) atoms. The van der Waals surface area contributed by atoms with Crippen LogP contribution in [0.2, 0.25) is 0 Å². The molecule has 0 aliphatic rings. The zero-order valence-corrected chi connectivity index (χ0v) is 12.8. The first-order chi connectivity index (χ1) is 9.58. The second kappa shape index (κ2) is 6.58. The van der Waals surface area contributed by atoms with E-state index in [9.17, 15) is 0 Å². The summed E-state index contributed by atoms with van der Waals surface area (Å²) in [5.41, 5.74) is 4.90. The number of benzene rings is 2. The van der Waals surface area contributed by atoms with E-state index in [1.807, 2.05) is 0 Å². The van der Waals surface area contributed by atoms with Crippen LogP contribution < -0.4 is 10.1 Å². The monoisotopic (exact) mass is 269 g/mol. The van der Waals surface area contributed by atoms with Gasteiger partial charge in [-0.05, 0) is 56.6 Å². The second-order valence-corrected chi connectivity index (χ2v) is 5.32. The minimum absolute atomic E-state index is 0.832. The molecule has 0 saturated heterocycles. The van der Waals surface area contributed by atoms with Crippen molar-refractivity contribution in [3.05, 3.63) is 58.7 Å². The Morgan fingerprint density at radius 3 is 2.25 bits per heavy atom. The third kappa shape index (κ3) is 3.84. The summed E-state index contributed by atoms with van der Waals surface area (Å²) < 4.78 is 6.08. The van der Waals surface area contributed by atoms with Gasteiger partial charge >= 0.3 is 0 Å². The van der Waals surface area contributed by atoms with Crippen LogP contribution in [-0.2, 0) is 6.54 Å². The molecule has 2 heteroatoms. The lowest BCUT2D eigenvalue weighted by Gasteiger charge is -2.13. The summed E-state index contributed by atoms with van der Waals surface area (Å²) in [7, 11) is 0. The minimum atomic E-state index is 0.832. The third-order valence-electron chi connectivity index (χ3n) is 3.20. The molecule has 0 saturated carbocycles. The maximum Gasteiger partial charge on any atom is 0.131 e. The van der Waals surface area contributed by atoms with Crippen LogP contribution in [0.3, 0.4) is 0 Å². The third-order valence-corrected chi connectivity index (χ3v) is 3.20. The number of nitrogens with one attached hydrogen (secondary N) is 1. The predicted molar refractivity (Wildman–Crippen MR) is 84.5 cm³/mol. The van der Waals surface area contributed by atoms with Gasteiger partial charge in [-0.15, -0.1) is 0 Å². The fourth-order valence-electron chi connectivity index (χ4n) is 2.32. The zero-order chi connectivity index (χ0) is 14.5. The lowest BCUT2D eigenvalue weighted by Crippen LogP contribution is -2.12. The van der Waals surface area contributed by atoms with Gasteiger partial charge in [0, 0.05) is 12.1 Å². The zero-order valence-electron chi connectivity index (χ0n) is 12.8. The highest BCUT2D eigenvalue weighted by Gasteiger charge is 2.06. The Labute approximate surface area is 121 Å². The summed E-state index contributed by atoms with van der Waals surface area (Å²) in [6.45, 7) is 10.2. The molecular weight excluding hydrogens is 246 g/mol. The quantitative estimate of drug-likeness (QED) is 0.862.